The largest absolute Gasteiger partial charge is 0.372 e. The Kier molecular flexibility index (Phi) is 8.63. The van der Waals surface area contributed by atoms with Gasteiger partial charge in [0.25, 0.3) is 0 Å². The molecule has 0 atom stereocenters. The minimum absolute atomic E-state index is 0.0559. The van der Waals surface area contributed by atoms with E-state index in [9.17, 15) is 4.79 Å². The number of benzene rings is 2. The summed E-state index contributed by atoms with van der Waals surface area (Å²) >= 11 is 0. The second kappa shape index (κ2) is 11.6. The molecule has 0 saturated heterocycles. The predicted molar refractivity (Wildman–Crippen MR) is 128 cm³/mol. The van der Waals surface area contributed by atoms with Crippen molar-refractivity contribution >= 4 is 5.91 Å². The minimum Gasteiger partial charge on any atom is -0.372 e. The molecule has 0 bridgehead atoms. The molecule has 0 fully saturated rings. The van der Waals surface area contributed by atoms with E-state index in [1.165, 1.54) is 11.3 Å². The van der Waals surface area contributed by atoms with Gasteiger partial charge in [0.15, 0.2) is 0 Å². The first-order valence-electron chi connectivity index (χ1n) is 11.4. The second-order valence-corrected chi connectivity index (χ2v) is 8.75. The SMILES string of the molecule is Cc1nn(CC(C)C)c(C)c1CCC(=O)NCc1ccccc1COCc1ccccc1. The van der Waals surface area contributed by atoms with Crippen molar-refractivity contribution in [3.05, 3.63) is 88.2 Å². The van der Waals surface area contributed by atoms with Crippen LogP contribution >= 0.6 is 0 Å². The van der Waals surface area contributed by atoms with Gasteiger partial charge in [-0.3, -0.25) is 9.48 Å². The van der Waals surface area contributed by atoms with E-state index in [0.29, 0.717) is 38.5 Å². The van der Waals surface area contributed by atoms with Gasteiger partial charge >= 0.3 is 0 Å². The molecule has 1 amide bonds. The van der Waals surface area contributed by atoms with Gasteiger partial charge in [-0.25, -0.2) is 0 Å². The van der Waals surface area contributed by atoms with Crippen molar-refractivity contribution in [2.24, 2.45) is 5.92 Å². The van der Waals surface area contributed by atoms with E-state index in [1.807, 2.05) is 43.3 Å². The number of carbonyl (C=O) groups is 1. The number of aryl methyl sites for hydroxylation is 1. The van der Waals surface area contributed by atoms with Crippen LogP contribution in [0.15, 0.2) is 54.6 Å². The Balaban J connectivity index is 1.49. The highest BCUT2D eigenvalue weighted by Gasteiger charge is 2.14. The number of nitrogens with zero attached hydrogens (tertiary/aromatic N) is 2. The van der Waals surface area contributed by atoms with E-state index in [0.717, 1.165) is 28.9 Å². The van der Waals surface area contributed by atoms with Crippen LogP contribution in [-0.2, 0) is 42.3 Å². The lowest BCUT2D eigenvalue weighted by Gasteiger charge is -2.12. The predicted octanol–water partition coefficient (Wildman–Crippen LogP) is 5.12. The molecule has 2 aromatic carbocycles. The molecular formula is C27H35N3O2. The average Bonchev–Trinajstić information content (AvgIpc) is 3.04. The fourth-order valence-electron chi connectivity index (χ4n) is 3.86. The molecule has 170 valence electrons. The van der Waals surface area contributed by atoms with Crippen molar-refractivity contribution in [1.29, 1.82) is 0 Å². The van der Waals surface area contributed by atoms with Crippen molar-refractivity contribution in [1.82, 2.24) is 15.1 Å². The molecule has 0 spiro atoms. The fraction of sp³-hybridized carbons (Fsp3) is 0.407. The van der Waals surface area contributed by atoms with E-state index in [4.69, 9.17) is 4.74 Å². The van der Waals surface area contributed by atoms with Gasteiger partial charge in [-0.15, -0.1) is 0 Å². The van der Waals surface area contributed by atoms with Gasteiger partial charge in [-0.2, -0.15) is 5.10 Å². The minimum atomic E-state index is 0.0559. The van der Waals surface area contributed by atoms with Crippen molar-refractivity contribution in [3.63, 3.8) is 0 Å². The third-order valence-electron chi connectivity index (χ3n) is 5.64. The van der Waals surface area contributed by atoms with Gasteiger partial charge in [0.1, 0.15) is 0 Å². The standard InChI is InChI=1S/C27H35N3O2/c1-20(2)17-30-22(4)26(21(3)29-30)14-15-27(31)28-16-24-12-8-9-13-25(24)19-32-18-23-10-6-5-7-11-23/h5-13,20H,14-19H2,1-4H3,(H,28,31). The summed E-state index contributed by atoms with van der Waals surface area (Å²) in [6.07, 6.45) is 1.17. The Hall–Kier alpha value is -2.92. The van der Waals surface area contributed by atoms with E-state index < -0.39 is 0 Å². The van der Waals surface area contributed by atoms with Crippen LogP contribution in [0.2, 0.25) is 0 Å². The number of hydrogen-bond acceptors (Lipinski definition) is 3. The molecule has 1 N–H and O–H groups in total. The van der Waals surface area contributed by atoms with Gasteiger partial charge in [0.2, 0.25) is 5.91 Å². The van der Waals surface area contributed by atoms with E-state index >= 15 is 0 Å². The van der Waals surface area contributed by atoms with Crippen LogP contribution in [0, 0.1) is 19.8 Å². The molecule has 0 unspecified atom stereocenters. The Morgan fingerprint density at radius 3 is 2.41 bits per heavy atom. The Morgan fingerprint density at radius 2 is 1.69 bits per heavy atom. The van der Waals surface area contributed by atoms with Crippen molar-refractivity contribution < 1.29 is 9.53 Å². The topological polar surface area (TPSA) is 56.2 Å². The molecular weight excluding hydrogens is 398 g/mol. The first-order chi connectivity index (χ1) is 15.4. The second-order valence-electron chi connectivity index (χ2n) is 8.75. The molecule has 1 aromatic heterocycles. The van der Waals surface area contributed by atoms with E-state index in [-0.39, 0.29) is 5.91 Å². The monoisotopic (exact) mass is 433 g/mol. The van der Waals surface area contributed by atoms with E-state index in [2.05, 4.69) is 54.1 Å². The summed E-state index contributed by atoms with van der Waals surface area (Å²) in [5, 5.41) is 7.73. The number of amides is 1. The maximum atomic E-state index is 12.5. The molecule has 3 rings (SSSR count). The molecule has 0 aliphatic rings. The highest BCUT2D eigenvalue weighted by atomic mass is 16.5. The lowest BCUT2D eigenvalue weighted by atomic mass is 10.1. The number of hydrogen-bond donors (Lipinski definition) is 1. The summed E-state index contributed by atoms with van der Waals surface area (Å²) < 4.78 is 7.96. The molecule has 0 saturated carbocycles. The molecule has 1 heterocycles. The van der Waals surface area contributed by atoms with Gasteiger partial charge in [-0.1, -0.05) is 68.4 Å². The summed E-state index contributed by atoms with van der Waals surface area (Å²) in [5.41, 5.74) is 6.73. The maximum Gasteiger partial charge on any atom is 0.220 e. The highest BCUT2D eigenvalue weighted by Crippen LogP contribution is 2.17. The van der Waals surface area contributed by atoms with Crippen LogP contribution in [0.4, 0.5) is 0 Å². The quantitative estimate of drug-likeness (QED) is 0.456. The zero-order valence-electron chi connectivity index (χ0n) is 19.7. The highest BCUT2D eigenvalue weighted by molar-refractivity contribution is 5.76. The van der Waals surface area contributed by atoms with Gasteiger partial charge < -0.3 is 10.1 Å². The van der Waals surface area contributed by atoms with Gasteiger partial charge in [0.05, 0.1) is 18.9 Å². The van der Waals surface area contributed by atoms with Crippen molar-refractivity contribution in [2.75, 3.05) is 0 Å². The van der Waals surface area contributed by atoms with Gasteiger partial charge in [-0.05, 0) is 48.4 Å². The molecule has 3 aromatic rings. The zero-order chi connectivity index (χ0) is 22.9. The van der Waals surface area contributed by atoms with Crippen LogP contribution < -0.4 is 5.32 Å². The Bertz CT molecular complexity index is 1010. The van der Waals surface area contributed by atoms with Crippen LogP contribution in [0.3, 0.4) is 0 Å². The maximum absolute atomic E-state index is 12.5. The fourth-order valence-corrected chi connectivity index (χ4v) is 3.86. The number of nitrogens with one attached hydrogen (secondary N) is 1. The first-order valence-corrected chi connectivity index (χ1v) is 11.4. The smallest absolute Gasteiger partial charge is 0.220 e. The van der Waals surface area contributed by atoms with Crippen LogP contribution in [0.1, 0.15) is 53.9 Å². The number of carbonyl (C=O) groups excluding carboxylic acids is 1. The van der Waals surface area contributed by atoms with Crippen LogP contribution in [-0.4, -0.2) is 15.7 Å². The van der Waals surface area contributed by atoms with Crippen molar-refractivity contribution in [3.8, 4) is 0 Å². The average molecular weight is 434 g/mol. The molecule has 5 nitrogen and oxygen atoms in total. The lowest BCUT2D eigenvalue weighted by molar-refractivity contribution is -0.121. The van der Waals surface area contributed by atoms with Gasteiger partial charge in [0, 0.05) is 25.2 Å². The molecule has 0 aliphatic heterocycles. The summed E-state index contributed by atoms with van der Waals surface area (Å²) in [4.78, 5) is 12.5. The van der Waals surface area contributed by atoms with Crippen LogP contribution in [0.5, 0.6) is 0 Å². The summed E-state index contributed by atoms with van der Waals surface area (Å²) in [7, 11) is 0. The van der Waals surface area contributed by atoms with Crippen LogP contribution in [0.25, 0.3) is 0 Å². The third kappa shape index (κ3) is 6.79. The molecule has 0 aliphatic carbocycles. The lowest BCUT2D eigenvalue weighted by Crippen LogP contribution is -2.23. The summed E-state index contributed by atoms with van der Waals surface area (Å²) in [5.74, 6) is 0.598. The Labute approximate surface area is 191 Å². The zero-order valence-corrected chi connectivity index (χ0v) is 19.7. The Morgan fingerprint density at radius 1 is 1.00 bits per heavy atom. The molecule has 5 heteroatoms. The molecule has 32 heavy (non-hydrogen) atoms. The van der Waals surface area contributed by atoms with E-state index in [1.54, 1.807) is 0 Å². The summed E-state index contributed by atoms with van der Waals surface area (Å²) in [6.45, 7) is 11.0. The first kappa shape index (κ1) is 23.7. The summed E-state index contributed by atoms with van der Waals surface area (Å²) in [6, 6.07) is 18.3. The number of aromatic nitrogens is 2. The number of rotatable bonds is 11. The third-order valence-corrected chi connectivity index (χ3v) is 5.64. The van der Waals surface area contributed by atoms with Crippen molar-refractivity contribution in [2.45, 2.75) is 66.8 Å². The number of ether oxygens (including phenoxy) is 1. The molecule has 0 radical (unpaired) electrons. The normalized spacial score (nSPS) is 11.2.